The highest BCUT2D eigenvalue weighted by Crippen LogP contribution is 2.52. The van der Waals surface area contributed by atoms with Crippen LogP contribution in [0.2, 0.25) is 0 Å². The number of nitrogens with zero attached hydrogens (tertiary/aromatic N) is 2. The van der Waals surface area contributed by atoms with Crippen LogP contribution in [-0.4, -0.2) is 33.1 Å². The van der Waals surface area contributed by atoms with Crippen LogP contribution in [0.25, 0.3) is 0 Å². The minimum Gasteiger partial charge on any atom is -0.487 e. The smallest absolute Gasteiger partial charge is 0.408 e. The van der Waals surface area contributed by atoms with Crippen LogP contribution in [0.4, 0.5) is 13.2 Å². The van der Waals surface area contributed by atoms with Crippen molar-refractivity contribution in [3.05, 3.63) is 47.8 Å². The molecule has 1 fully saturated rings. The zero-order valence-corrected chi connectivity index (χ0v) is 13.9. The zero-order chi connectivity index (χ0) is 18.9. The lowest BCUT2D eigenvalue weighted by Crippen LogP contribution is -2.22. The average Bonchev–Trinajstić information content (AvgIpc) is 2.98. The van der Waals surface area contributed by atoms with Crippen molar-refractivity contribution in [3.8, 4) is 5.75 Å². The van der Waals surface area contributed by atoms with Gasteiger partial charge < -0.3 is 14.6 Å². The van der Waals surface area contributed by atoms with Gasteiger partial charge in [-0.2, -0.15) is 18.3 Å². The molecule has 6 nitrogen and oxygen atoms in total. The Balaban J connectivity index is 1.79. The van der Waals surface area contributed by atoms with E-state index in [4.69, 9.17) is 9.47 Å². The summed E-state index contributed by atoms with van der Waals surface area (Å²) < 4.78 is 49.5. The zero-order valence-electron chi connectivity index (χ0n) is 13.9. The molecule has 0 saturated heterocycles. The van der Waals surface area contributed by atoms with E-state index in [0.29, 0.717) is 11.3 Å². The van der Waals surface area contributed by atoms with Gasteiger partial charge in [-0.15, -0.1) is 0 Å². The third kappa shape index (κ3) is 3.82. The van der Waals surface area contributed by atoms with Crippen LogP contribution < -0.4 is 4.74 Å². The summed E-state index contributed by atoms with van der Waals surface area (Å²) in [6, 6.07) is 8.08. The number of esters is 1. The number of hydrogen-bond acceptors (Lipinski definition) is 5. The molecule has 0 radical (unpaired) electrons. The lowest BCUT2D eigenvalue weighted by Gasteiger charge is -2.20. The summed E-state index contributed by atoms with van der Waals surface area (Å²) >= 11 is 0. The lowest BCUT2D eigenvalue weighted by atomic mass is 10.1. The minimum atomic E-state index is -4.39. The first-order valence-corrected chi connectivity index (χ1v) is 7.89. The van der Waals surface area contributed by atoms with Gasteiger partial charge in [0.15, 0.2) is 5.60 Å². The van der Waals surface area contributed by atoms with Crippen molar-refractivity contribution in [2.45, 2.75) is 44.4 Å². The summed E-state index contributed by atoms with van der Waals surface area (Å²) in [6.07, 6.45) is -3.75. The van der Waals surface area contributed by atoms with Crippen molar-refractivity contribution in [2.24, 2.45) is 0 Å². The molecule has 140 valence electrons. The summed E-state index contributed by atoms with van der Waals surface area (Å²) in [4.78, 5) is 11.4. The molecule has 1 unspecified atom stereocenters. The third-order valence-corrected chi connectivity index (χ3v) is 4.05. The predicted octanol–water partition coefficient (Wildman–Crippen LogP) is 2.55. The molecule has 1 saturated carbocycles. The largest absolute Gasteiger partial charge is 0.487 e. The average molecular weight is 370 g/mol. The Morgan fingerprint density at radius 1 is 1.38 bits per heavy atom. The number of carbonyl (C=O) groups is 1. The van der Waals surface area contributed by atoms with Crippen LogP contribution in [0.3, 0.4) is 0 Å². The van der Waals surface area contributed by atoms with Crippen LogP contribution in [0.1, 0.15) is 24.6 Å². The Morgan fingerprint density at radius 2 is 2.08 bits per heavy atom. The number of hydrogen-bond donors (Lipinski definition) is 1. The first-order chi connectivity index (χ1) is 12.2. The summed E-state index contributed by atoms with van der Waals surface area (Å²) in [5.74, 6) is -0.218. The molecule has 1 heterocycles. The summed E-state index contributed by atoms with van der Waals surface area (Å²) in [5.41, 5.74) is -0.450. The lowest BCUT2D eigenvalue weighted by molar-refractivity contribution is -0.151. The molecule has 1 aromatic carbocycles. The number of halogens is 3. The van der Waals surface area contributed by atoms with Crippen LogP contribution in [0, 0.1) is 0 Å². The number of aromatic nitrogens is 2. The van der Waals surface area contributed by atoms with Crippen molar-refractivity contribution in [3.63, 3.8) is 0 Å². The fourth-order valence-electron chi connectivity index (χ4n) is 2.83. The highest BCUT2D eigenvalue weighted by atomic mass is 19.4. The molecule has 2 aromatic rings. The van der Waals surface area contributed by atoms with Gasteiger partial charge in [0, 0.05) is 25.1 Å². The predicted molar refractivity (Wildman–Crippen MR) is 83.1 cm³/mol. The van der Waals surface area contributed by atoms with E-state index in [1.807, 2.05) is 0 Å². The Kier molecular flexibility index (Phi) is 4.66. The molecular weight excluding hydrogens is 353 g/mol. The molecule has 1 aliphatic carbocycles. The number of aliphatic hydroxyl groups excluding tert-OH is 1. The van der Waals surface area contributed by atoms with Crippen LogP contribution in [-0.2, 0) is 28.3 Å². The molecule has 9 heteroatoms. The monoisotopic (exact) mass is 370 g/mol. The van der Waals surface area contributed by atoms with Crippen molar-refractivity contribution < 1.29 is 32.5 Å². The Bertz CT molecular complexity index is 805. The number of carbonyl (C=O) groups excluding carboxylic acids is 1. The van der Waals surface area contributed by atoms with Crippen LogP contribution >= 0.6 is 0 Å². The summed E-state index contributed by atoms with van der Waals surface area (Å²) in [6.45, 7) is -0.123. The van der Waals surface area contributed by atoms with Gasteiger partial charge in [-0.25, -0.2) is 0 Å². The number of benzene rings is 1. The van der Waals surface area contributed by atoms with E-state index >= 15 is 0 Å². The van der Waals surface area contributed by atoms with E-state index < -0.39 is 30.4 Å². The normalized spacial score (nSPS) is 22.1. The highest BCUT2D eigenvalue weighted by Gasteiger charge is 2.60. The van der Waals surface area contributed by atoms with E-state index in [2.05, 4.69) is 5.10 Å². The molecule has 0 amide bonds. The maximum atomic E-state index is 12.6. The van der Waals surface area contributed by atoms with Crippen LogP contribution in [0.15, 0.2) is 36.5 Å². The molecular formula is C17H17F3N2O4. The standard InChI is InChI=1S/C17H17F3N2O4/c1-11(23)26-16(8-15(16)24)13-4-2-3-5-14(13)25-9-12-6-7-21-22(12)10-17(18,19)20/h2-7,15,24H,8-10H2,1H3/t15-,16?/m1/s1. The van der Waals surface area contributed by atoms with E-state index in [1.165, 1.54) is 19.2 Å². The van der Waals surface area contributed by atoms with Gasteiger partial charge in [0.25, 0.3) is 0 Å². The topological polar surface area (TPSA) is 73.6 Å². The fourth-order valence-corrected chi connectivity index (χ4v) is 2.83. The van der Waals surface area contributed by atoms with E-state index in [9.17, 15) is 23.1 Å². The van der Waals surface area contributed by atoms with Gasteiger partial charge in [-0.05, 0) is 12.1 Å². The van der Waals surface area contributed by atoms with Crippen LogP contribution in [0.5, 0.6) is 5.75 Å². The number of alkyl halides is 3. The first kappa shape index (κ1) is 18.2. The van der Waals surface area contributed by atoms with E-state index in [1.54, 1.807) is 24.3 Å². The molecule has 1 aliphatic rings. The molecule has 0 bridgehead atoms. The maximum Gasteiger partial charge on any atom is 0.408 e. The second-order valence-electron chi connectivity index (χ2n) is 6.08. The minimum absolute atomic E-state index is 0.153. The Hall–Kier alpha value is -2.55. The second kappa shape index (κ2) is 6.64. The Labute approximate surface area is 147 Å². The fraction of sp³-hybridized carbons (Fsp3) is 0.412. The molecule has 3 rings (SSSR count). The first-order valence-electron chi connectivity index (χ1n) is 7.89. The van der Waals surface area contributed by atoms with Gasteiger partial charge in [0.1, 0.15) is 25.0 Å². The summed E-state index contributed by atoms with van der Waals surface area (Å²) in [7, 11) is 0. The molecule has 2 atom stereocenters. The molecule has 0 aliphatic heterocycles. The highest BCUT2D eigenvalue weighted by molar-refractivity contribution is 5.68. The van der Waals surface area contributed by atoms with Crippen molar-refractivity contribution in [1.82, 2.24) is 9.78 Å². The molecule has 1 N–H and O–H groups in total. The number of rotatable bonds is 6. The molecule has 26 heavy (non-hydrogen) atoms. The second-order valence-corrected chi connectivity index (χ2v) is 6.08. The number of aliphatic hydroxyl groups is 1. The van der Waals surface area contributed by atoms with Crippen molar-refractivity contribution >= 4 is 5.97 Å². The van der Waals surface area contributed by atoms with Gasteiger partial charge in [0.05, 0.1) is 5.69 Å². The number of ether oxygens (including phenoxy) is 2. The van der Waals surface area contributed by atoms with Crippen molar-refractivity contribution in [2.75, 3.05) is 0 Å². The maximum absolute atomic E-state index is 12.6. The van der Waals surface area contributed by atoms with Gasteiger partial charge in [-0.3, -0.25) is 9.48 Å². The van der Waals surface area contributed by atoms with E-state index in [0.717, 1.165) is 4.68 Å². The van der Waals surface area contributed by atoms with Gasteiger partial charge >= 0.3 is 12.1 Å². The van der Waals surface area contributed by atoms with Crippen molar-refractivity contribution in [1.29, 1.82) is 0 Å². The van der Waals surface area contributed by atoms with Gasteiger partial charge in [-0.1, -0.05) is 18.2 Å². The summed E-state index contributed by atoms with van der Waals surface area (Å²) in [5, 5.41) is 13.6. The van der Waals surface area contributed by atoms with Gasteiger partial charge in [0.2, 0.25) is 0 Å². The quantitative estimate of drug-likeness (QED) is 0.791. The number of para-hydroxylation sites is 1. The molecule has 0 spiro atoms. The Morgan fingerprint density at radius 3 is 2.69 bits per heavy atom. The molecule has 1 aromatic heterocycles. The van der Waals surface area contributed by atoms with E-state index in [-0.39, 0.29) is 18.7 Å². The third-order valence-electron chi connectivity index (χ3n) is 4.05. The SMILES string of the molecule is CC(=O)OC1(c2ccccc2OCc2ccnn2CC(F)(F)F)C[C@H]1O.